The van der Waals surface area contributed by atoms with Crippen molar-refractivity contribution >= 4 is 20.9 Å². The summed E-state index contributed by atoms with van der Waals surface area (Å²) in [5.41, 5.74) is 6.14. The van der Waals surface area contributed by atoms with E-state index in [4.69, 9.17) is 5.73 Å². The average Bonchev–Trinajstić information content (AvgIpc) is 2.45. The highest BCUT2D eigenvalue weighted by atomic mass is 32.2. The highest BCUT2D eigenvalue weighted by Crippen LogP contribution is 2.21. The Labute approximate surface area is 119 Å². The molecule has 0 bridgehead atoms. The fourth-order valence-corrected chi connectivity index (χ4v) is 3.41. The molecule has 1 atom stereocenters. The Morgan fingerprint density at radius 3 is 2.85 bits per heavy atom. The summed E-state index contributed by atoms with van der Waals surface area (Å²) in [5.74, 6) is 0.211. The minimum Gasteiger partial charge on any atom is -0.330 e. The van der Waals surface area contributed by atoms with E-state index in [0.717, 1.165) is 6.42 Å². The number of fused-ring (bicyclic) bond motifs is 1. The molecule has 2 rings (SSSR count). The van der Waals surface area contributed by atoms with E-state index in [1.54, 1.807) is 36.5 Å². The predicted molar refractivity (Wildman–Crippen MR) is 79.8 cm³/mol. The van der Waals surface area contributed by atoms with E-state index in [1.165, 1.54) is 0 Å². The Morgan fingerprint density at radius 1 is 1.30 bits per heavy atom. The minimum atomic E-state index is -3.53. The SMILES string of the molecule is CC(CCN)CNS(=O)(=O)c1cccc2ncccc12. The van der Waals surface area contributed by atoms with Gasteiger partial charge in [-0.05, 0) is 43.1 Å². The summed E-state index contributed by atoms with van der Waals surface area (Å²) in [6.07, 6.45) is 2.44. The molecule has 108 valence electrons. The molecular weight excluding hydrogens is 274 g/mol. The zero-order valence-electron chi connectivity index (χ0n) is 11.4. The van der Waals surface area contributed by atoms with Crippen LogP contribution in [0.3, 0.4) is 0 Å². The molecule has 1 heterocycles. The molecule has 0 amide bonds. The first kappa shape index (κ1) is 14.9. The summed E-state index contributed by atoms with van der Waals surface area (Å²) in [4.78, 5) is 4.44. The summed E-state index contributed by atoms with van der Waals surface area (Å²) in [6.45, 7) is 2.91. The molecule has 0 aliphatic carbocycles. The first-order valence-electron chi connectivity index (χ1n) is 6.58. The van der Waals surface area contributed by atoms with Crippen LogP contribution in [0.4, 0.5) is 0 Å². The van der Waals surface area contributed by atoms with E-state index in [0.29, 0.717) is 24.0 Å². The third-order valence-corrected chi connectivity index (χ3v) is 4.66. The molecule has 5 nitrogen and oxygen atoms in total. The number of sulfonamides is 1. The molecule has 0 aliphatic heterocycles. The van der Waals surface area contributed by atoms with Gasteiger partial charge in [0.2, 0.25) is 10.0 Å². The maximum Gasteiger partial charge on any atom is 0.241 e. The number of nitrogens with one attached hydrogen (secondary N) is 1. The van der Waals surface area contributed by atoms with Crippen LogP contribution in [0.5, 0.6) is 0 Å². The molecule has 3 N–H and O–H groups in total. The summed E-state index contributed by atoms with van der Waals surface area (Å²) in [7, 11) is -3.53. The first-order valence-corrected chi connectivity index (χ1v) is 8.06. The molecule has 1 aromatic heterocycles. The lowest BCUT2D eigenvalue weighted by Gasteiger charge is -2.13. The van der Waals surface area contributed by atoms with Crippen molar-refractivity contribution in [2.24, 2.45) is 11.7 Å². The van der Waals surface area contributed by atoms with Gasteiger partial charge < -0.3 is 5.73 Å². The van der Waals surface area contributed by atoms with Gasteiger partial charge in [-0.25, -0.2) is 13.1 Å². The molecule has 0 aliphatic rings. The number of nitrogens with zero attached hydrogens (tertiary/aromatic N) is 1. The molecule has 1 aromatic carbocycles. The second-order valence-corrected chi connectivity index (χ2v) is 6.60. The lowest BCUT2D eigenvalue weighted by Crippen LogP contribution is -2.29. The van der Waals surface area contributed by atoms with Crippen molar-refractivity contribution in [3.05, 3.63) is 36.5 Å². The second-order valence-electron chi connectivity index (χ2n) is 4.86. The van der Waals surface area contributed by atoms with Crippen LogP contribution in [-0.4, -0.2) is 26.5 Å². The van der Waals surface area contributed by atoms with Crippen LogP contribution in [0.25, 0.3) is 10.9 Å². The lowest BCUT2D eigenvalue weighted by molar-refractivity contribution is 0.516. The van der Waals surface area contributed by atoms with Crippen molar-refractivity contribution in [3.63, 3.8) is 0 Å². The smallest absolute Gasteiger partial charge is 0.241 e. The molecule has 20 heavy (non-hydrogen) atoms. The van der Waals surface area contributed by atoms with Crippen LogP contribution < -0.4 is 10.5 Å². The number of rotatable bonds is 6. The van der Waals surface area contributed by atoms with E-state index >= 15 is 0 Å². The van der Waals surface area contributed by atoms with Gasteiger partial charge in [0.25, 0.3) is 0 Å². The van der Waals surface area contributed by atoms with Gasteiger partial charge in [0.05, 0.1) is 10.4 Å². The maximum atomic E-state index is 12.4. The van der Waals surface area contributed by atoms with Gasteiger partial charge in [0, 0.05) is 18.1 Å². The molecular formula is C14H19N3O2S. The predicted octanol–water partition coefficient (Wildman–Crippen LogP) is 1.50. The van der Waals surface area contributed by atoms with Gasteiger partial charge in [-0.15, -0.1) is 0 Å². The molecule has 0 saturated carbocycles. The Hall–Kier alpha value is -1.50. The maximum absolute atomic E-state index is 12.4. The standard InChI is InChI=1S/C14H19N3O2S/c1-11(7-8-15)10-17-20(18,19)14-6-2-5-13-12(14)4-3-9-16-13/h2-6,9,11,17H,7-8,10,15H2,1H3. The second kappa shape index (κ2) is 6.30. The molecule has 0 fully saturated rings. The van der Waals surface area contributed by atoms with Gasteiger partial charge in [-0.1, -0.05) is 13.0 Å². The Kier molecular flexibility index (Phi) is 4.69. The summed E-state index contributed by atoms with van der Waals surface area (Å²) in [5, 5.41) is 0.633. The first-order chi connectivity index (χ1) is 9.54. The van der Waals surface area contributed by atoms with Gasteiger partial charge in [-0.3, -0.25) is 4.98 Å². The third-order valence-electron chi connectivity index (χ3n) is 3.18. The lowest BCUT2D eigenvalue weighted by atomic mass is 10.1. The van der Waals surface area contributed by atoms with Crippen LogP contribution in [0.1, 0.15) is 13.3 Å². The Bertz CT molecular complexity index is 680. The highest BCUT2D eigenvalue weighted by molar-refractivity contribution is 7.89. The molecule has 2 aromatic rings. The van der Waals surface area contributed by atoms with E-state index in [1.807, 2.05) is 6.92 Å². The zero-order valence-corrected chi connectivity index (χ0v) is 12.2. The summed E-state index contributed by atoms with van der Waals surface area (Å²) >= 11 is 0. The van der Waals surface area contributed by atoms with Crippen molar-refractivity contribution in [1.29, 1.82) is 0 Å². The molecule has 6 heteroatoms. The molecule has 0 radical (unpaired) electrons. The van der Waals surface area contributed by atoms with Crippen LogP contribution in [-0.2, 0) is 10.0 Å². The van der Waals surface area contributed by atoms with Gasteiger partial charge >= 0.3 is 0 Å². The number of pyridine rings is 1. The van der Waals surface area contributed by atoms with Crippen LogP contribution in [0.15, 0.2) is 41.4 Å². The van der Waals surface area contributed by atoms with E-state index in [9.17, 15) is 8.42 Å². The topological polar surface area (TPSA) is 85.1 Å². The normalized spacial score (nSPS) is 13.5. The van der Waals surface area contributed by atoms with Crippen LogP contribution in [0.2, 0.25) is 0 Å². The fourth-order valence-electron chi connectivity index (χ4n) is 2.03. The van der Waals surface area contributed by atoms with Gasteiger partial charge in [0.15, 0.2) is 0 Å². The molecule has 0 spiro atoms. The average molecular weight is 293 g/mol. The van der Waals surface area contributed by atoms with Gasteiger partial charge in [-0.2, -0.15) is 0 Å². The van der Waals surface area contributed by atoms with Crippen LogP contribution >= 0.6 is 0 Å². The van der Waals surface area contributed by atoms with Crippen molar-refractivity contribution < 1.29 is 8.42 Å². The van der Waals surface area contributed by atoms with E-state index in [-0.39, 0.29) is 10.8 Å². The van der Waals surface area contributed by atoms with Crippen molar-refractivity contribution in [1.82, 2.24) is 9.71 Å². The van der Waals surface area contributed by atoms with E-state index in [2.05, 4.69) is 9.71 Å². The summed E-state index contributed by atoms with van der Waals surface area (Å²) in [6, 6.07) is 8.59. The Balaban J connectivity index is 2.28. The molecule has 0 saturated heterocycles. The minimum absolute atomic E-state index is 0.211. The number of nitrogens with two attached hydrogens (primary N) is 1. The summed E-state index contributed by atoms with van der Waals surface area (Å²) < 4.78 is 27.4. The quantitative estimate of drug-likeness (QED) is 0.845. The monoisotopic (exact) mass is 293 g/mol. The number of benzene rings is 1. The largest absolute Gasteiger partial charge is 0.330 e. The molecule has 1 unspecified atom stereocenters. The van der Waals surface area contributed by atoms with Gasteiger partial charge in [0.1, 0.15) is 0 Å². The van der Waals surface area contributed by atoms with Crippen molar-refractivity contribution in [3.8, 4) is 0 Å². The highest BCUT2D eigenvalue weighted by Gasteiger charge is 2.17. The zero-order chi connectivity index (χ0) is 14.6. The van der Waals surface area contributed by atoms with Crippen molar-refractivity contribution in [2.45, 2.75) is 18.2 Å². The van der Waals surface area contributed by atoms with Crippen LogP contribution in [0, 0.1) is 5.92 Å². The van der Waals surface area contributed by atoms with Crippen molar-refractivity contribution in [2.75, 3.05) is 13.1 Å². The van der Waals surface area contributed by atoms with E-state index < -0.39 is 10.0 Å². The fraction of sp³-hybridized carbons (Fsp3) is 0.357. The number of aromatic nitrogens is 1. The number of hydrogen-bond donors (Lipinski definition) is 2. The number of hydrogen-bond acceptors (Lipinski definition) is 4. The third kappa shape index (κ3) is 3.33. The Morgan fingerprint density at radius 2 is 2.10 bits per heavy atom.